The summed E-state index contributed by atoms with van der Waals surface area (Å²) in [6.45, 7) is 5.77. The van der Waals surface area contributed by atoms with Crippen LogP contribution in [0.25, 0.3) is 0 Å². The molecule has 1 amide bonds. The van der Waals surface area contributed by atoms with Crippen LogP contribution < -0.4 is 10.1 Å². The third-order valence-electron chi connectivity index (χ3n) is 3.96. The van der Waals surface area contributed by atoms with Crippen LogP contribution in [0.15, 0.2) is 48.5 Å². The second-order valence-corrected chi connectivity index (χ2v) is 5.85. The van der Waals surface area contributed by atoms with Gasteiger partial charge in [-0.3, -0.25) is 9.59 Å². The quantitative estimate of drug-likeness (QED) is 0.767. The number of ketones is 1. The zero-order valence-electron chi connectivity index (χ0n) is 14.3. The lowest BCUT2D eigenvalue weighted by atomic mass is 9.99. The Labute approximate surface area is 142 Å². The van der Waals surface area contributed by atoms with E-state index in [1.165, 1.54) is 12.5 Å². The normalized spacial score (nSPS) is 11.6. The highest BCUT2D eigenvalue weighted by Crippen LogP contribution is 2.21. The number of hydrogen-bond acceptors (Lipinski definition) is 3. The molecule has 4 nitrogen and oxygen atoms in total. The summed E-state index contributed by atoms with van der Waals surface area (Å²) in [5.41, 5.74) is 2.49. The van der Waals surface area contributed by atoms with E-state index in [0.717, 1.165) is 6.42 Å². The molecule has 4 heteroatoms. The maximum atomic E-state index is 12.2. The number of nitrogens with one attached hydrogen (secondary N) is 1. The minimum Gasteiger partial charge on any atom is -0.485 e. The van der Waals surface area contributed by atoms with Crippen molar-refractivity contribution in [1.82, 2.24) is 0 Å². The number of anilines is 1. The molecular weight excluding hydrogens is 302 g/mol. The van der Waals surface area contributed by atoms with E-state index in [9.17, 15) is 9.59 Å². The fourth-order valence-corrected chi connectivity index (χ4v) is 2.30. The molecule has 24 heavy (non-hydrogen) atoms. The standard InChI is InChI=1S/C20H23NO3/c1-4-14(2)16-7-11-19(12-8-16)24-13-20(23)17-5-9-18(10-6-17)21-15(3)22/h5-12,14H,4,13H2,1-3H3,(H,21,22)/t14-/m1/s1. The van der Waals surface area contributed by atoms with Crippen LogP contribution in [0.1, 0.15) is 49.0 Å². The molecule has 1 atom stereocenters. The number of Topliss-reactive ketones (excluding diaryl/α,β-unsaturated/α-hetero) is 1. The van der Waals surface area contributed by atoms with Crippen LogP contribution in [0, 0.1) is 0 Å². The van der Waals surface area contributed by atoms with Gasteiger partial charge in [0.25, 0.3) is 0 Å². The van der Waals surface area contributed by atoms with Gasteiger partial charge in [0.2, 0.25) is 5.91 Å². The Morgan fingerprint density at radius 3 is 2.21 bits per heavy atom. The highest BCUT2D eigenvalue weighted by atomic mass is 16.5. The number of benzene rings is 2. The van der Waals surface area contributed by atoms with Gasteiger partial charge in [0.05, 0.1) is 0 Å². The topological polar surface area (TPSA) is 55.4 Å². The van der Waals surface area contributed by atoms with E-state index in [4.69, 9.17) is 4.74 Å². The average molecular weight is 325 g/mol. The molecule has 0 bridgehead atoms. The van der Waals surface area contributed by atoms with Gasteiger partial charge in [-0.1, -0.05) is 26.0 Å². The van der Waals surface area contributed by atoms with Crippen LogP contribution in [0.3, 0.4) is 0 Å². The Kier molecular flexibility index (Phi) is 6.13. The number of ether oxygens (including phenoxy) is 1. The van der Waals surface area contributed by atoms with Crippen molar-refractivity contribution in [2.24, 2.45) is 0 Å². The molecule has 0 aliphatic rings. The summed E-state index contributed by atoms with van der Waals surface area (Å²) >= 11 is 0. The molecule has 0 aliphatic heterocycles. The second-order valence-electron chi connectivity index (χ2n) is 5.85. The van der Waals surface area contributed by atoms with Gasteiger partial charge in [-0.05, 0) is 54.3 Å². The minimum atomic E-state index is -0.141. The Hall–Kier alpha value is -2.62. The summed E-state index contributed by atoms with van der Waals surface area (Å²) < 4.78 is 5.57. The first kappa shape index (κ1) is 17.7. The first-order valence-electron chi connectivity index (χ1n) is 8.13. The lowest BCUT2D eigenvalue weighted by molar-refractivity contribution is -0.114. The fourth-order valence-electron chi connectivity index (χ4n) is 2.30. The van der Waals surface area contributed by atoms with Gasteiger partial charge in [-0.2, -0.15) is 0 Å². The first-order chi connectivity index (χ1) is 11.5. The Balaban J connectivity index is 1.91. The van der Waals surface area contributed by atoms with E-state index in [0.29, 0.717) is 22.9 Å². The van der Waals surface area contributed by atoms with Gasteiger partial charge in [-0.25, -0.2) is 0 Å². The summed E-state index contributed by atoms with van der Waals surface area (Å²) in [6.07, 6.45) is 1.09. The molecule has 0 saturated carbocycles. The zero-order chi connectivity index (χ0) is 17.5. The lowest BCUT2D eigenvalue weighted by Crippen LogP contribution is -2.12. The summed E-state index contributed by atoms with van der Waals surface area (Å²) in [6, 6.07) is 14.6. The van der Waals surface area contributed by atoms with Gasteiger partial charge in [0, 0.05) is 18.2 Å². The van der Waals surface area contributed by atoms with Crippen molar-refractivity contribution in [3.05, 3.63) is 59.7 Å². The van der Waals surface area contributed by atoms with Gasteiger partial charge < -0.3 is 10.1 Å². The zero-order valence-corrected chi connectivity index (χ0v) is 14.3. The number of amides is 1. The fraction of sp³-hybridized carbons (Fsp3) is 0.300. The average Bonchev–Trinajstić information content (AvgIpc) is 2.59. The first-order valence-corrected chi connectivity index (χ1v) is 8.13. The molecule has 2 aromatic rings. The van der Waals surface area contributed by atoms with Crippen molar-refractivity contribution in [3.63, 3.8) is 0 Å². The van der Waals surface area contributed by atoms with Crippen LogP contribution >= 0.6 is 0 Å². The maximum Gasteiger partial charge on any atom is 0.221 e. The Morgan fingerprint density at radius 1 is 1.04 bits per heavy atom. The molecule has 0 heterocycles. The van der Waals surface area contributed by atoms with Crippen molar-refractivity contribution >= 4 is 17.4 Å². The van der Waals surface area contributed by atoms with E-state index in [-0.39, 0.29) is 18.3 Å². The maximum absolute atomic E-state index is 12.2. The molecule has 0 aliphatic carbocycles. The minimum absolute atomic E-state index is 0.0117. The van der Waals surface area contributed by atoms with Crippen LogP contribution in [-0.4, -0.2) is 18.3 Å². The molecule has 0 spiro atoms. The van der Waals surface area contributed by atoms with Gasteiger partial charge in [-0.15, -0.1) is 0 Å². The van der Waals surface area contributed by atoms with Crippen LogP contribution in [0.5, 0.6) is 5.75 Å². The molecule has 2 aromatic carbocycles. The third-order valence-corrected chi connectivity index (χ3v) is 3.96. The number of carbonyl (C=O) groups excluding carboxylic acids is 2. The van der Waals surface area contributed by atoms with Crippen molar-refractivity contribution in [3.8, 4) is 5.75 Å². The molecule has 0 unspecified atom stereocenters. The molecule has 0 radical (unpaired) electrons. The van der Waals surface area contributed by atoms with Crippen molar-refractivity contribution in [2.45, 2.75) is 33.1 Å². The highest BCUT2D eigenvalue weighted by Gasteiger charge is 2.08. The number of hydrogen-bond donors (Lipinski definition) is 1. The lowest BCUT2D eigenvalue weighted by Gasteiger charge is -2.10. The predicted octanol–water partition coefficient (Wildman–Crippen LogP) is 4.42. The van der Waals surface area contributed by atoms with Gasteiger partial charge in [0.1, 0.15) is 5.75 Å². The molecule has 1 N–H and O–H groups in total. The molecule has 0 saturated heterocycles. The molecule has 0 fully saturated rings. The predicted molar refractivity (Wildman–Crippen MR) is 95.7 cm³/mol. The smallest absolute Gasteiger partial charge is 0.221 e. The van der Waals surface area contributed by atoms with Crippen molar-refractivity contribution in [2.75, 3.05) is 11.9 Å². The third kappa shape index (κ3) is 4.95. The van der Waals surface area contributed by atoms with Crippen molar-refractivity contribution in [1.29, 1.82) is 0 Å². The number of carbonyl (C=O) groups is 2. The highest BCUT2D eigenvalue weighted by molar-refractivity contribution is 5.98. The van der Waals surface area contributed by atoms with E-state index in [1.807, 2.05) is 24.3 Å². The second kappa shape index (κ2) is 8.29. The summed E-state index contributed by atoms with van der Waals surface area (Å²) in [4.78, 5) is 23.1. The monoisotopic (exact) mass is 325 g/mol. The van der Waals surface area contributed by atoms with Crippen LogP contribution in [-0.2, 0) is 4.79 Å². The molecule has 2 rings (SSSR count). The molecular formula is C20H23NO3. The Bertz CT molecular complexity index is 690. The largest absolute Gasteiger partial charge is 0.485 e. The van der Waals surface area contributed by atoms with E-state index in [2.05, 4.69) is 19.2 Å². The summed E-state index contributed by atoms with van der Waals surface area (Å²) in [5.74, 6) is 0.960. The number of rotatable bonds is 7. The van der Waals surface area contributed by atoms with Crippen molar-refractivity contribution < 1.29 is 14.3 Å². The van der Waals surface area contributed by atoms with Crippen LogP contribution in [0.2, 0.25) is 0 Å². The van der Waals surface area contributed by atoms with Gasteiger partial charge in [0.15, 0.2) is 12.4 Å². The summed E-state index contributed by atoms with van der Waals surface area (Å²) in [5, 5.41) is 2.67. The van der Waals surface area contributed by atoms with E-state index in [1.54, 1.807) is 24.3 Å². The van der Waals surface area contributed by atoms with Crippen LogP contribution in [0.4, 0.5) is 5.69 Å². The summed E-state index contributed by atoms with van der Waals surface area (Å²) in [7, 11) is 0. The van der Waals surface area contributed by atoms with E-state index >= 15 is 0 Å². The SMILES string of the molecule is CC[C@@H](C)c1ccc(OCC(=O)c2ccc(NC(C)=O)cc2)cc1. The Morgan fingerprint density at radius 2 is 1.67 bits per heavy atom. The van der Waals surface area contributed by atoms with E-state index < -0.39 is 0 Å². The van der Waals surface area contributed by atoms with Gasteiger partial charge >= 0.3 is 0 Å². The molecule has 0 aromatic heterocycles. The molecule has 126 valence electrons.